The van der Waals surface area contributed by atoms with Crippen molar-refractivity contribution in [2.45, 2.75) is 16.6 Å². The van der Waals surface area contributed by atoms with E-state index in [1.807, 2.05) is 0 Å². The van der Waals surface area contributed by atoms with Crippen LogP contribution < -0.4 is 22.2 Å². The molecule has 2 aliphatic heterocycles. The fraction of sp³-hybridized carbons (Fsp3) is 0.333. The standard InChI is InChI=1S/C18H18N8O7S3/c1-25-14(30)12(28)22-23-18(25)36-4-6-3-34-15-9(13(29)26(15)10(6)16(31)32)21-11(27)8(24-33-2)7-5-35-17(19)20-7/h5,9,15H,3-4H2,1-2H3,(H2,19,20)(H,21,27)(H,22,28)(H,31,32)/t9-,15+/m1/s1. The van der Waals surface area contributed by atoms with E-state index in [0.717, 1.165) is 32.6 Å². The summed E-state index contributed by atoms with van der Waals surface area (Å²) >= 11 is 3.41. The van der Waals surface area contributed by atoms with Gasteiger partial charge in [-0.3, -0.25) is 28.6 Å². The Kier molecular flexibility index (Phi) is 7.18. The molecule has 0 aromatic carbocycles. The number of carboxylic acids is 1. The summed E-state index contributed by atoms with van der Waals surface area (Å²) in [7, 11) is 2.62. The first-order valence-corrected chi connectivity index (χ1v) is 12.9. The summed E-state index contributed by atoms with van der Waals surface area (Å²) in [6, 6.07) is -0.995. The van der Waals surface area contributed by atoms with Crippen LogP contribution in [0.5, 0.6) is 0 Å². The highest BCUT2D eigenvalue weighted by Gasteiger charge is 2.54. The number of nitrogen functional groups attached to an aromatic ring is 1. The van der Waals surface area contributed by atoms with Gasteiger partial charge in [0.05, 0.1) is 0 Å². The van der Waals surface area contributed by atoms with E-state index in [9.17, 15) is 29.1 Å². The normalized spacial score (nSPS) is 19.6. The molecule has 0 unspecified atom stereocenters. The van der Waals surface area contributed by atoms with Gasteiger partial charge in [0.2, 0.25) is 0 Å². The van der Waals surface area contributed by atoms with Crippen LogP contribution >= 0.6 is 34.9 Å². The van der Waals surface area contributed by atoms with E-state index >= 15 is 0 Å². The predicted molar refractivity (Wildman–Crippen MR) is 131 cm³/mol. The summed E-state index contributed by atoms with van der Waals surface area (Å²) in [4.78, 5) is 70.8. The van der Waals surface area contributed by atoms with Crippen LogP contribution in [0.25, 0.3) is 0 Å². The Hall–Kier alpha value is -3.64. The Morgan fingerprint density at radius 1 is 1.42 bits per heavy atom. The number of nitrogens with two attached hydrogens (primary N) is 1. The number of rotatable bonds is 8. The number of aromatic amines is 1. The third-order valence-corrected chi connectivity index (χ3v) is 8.24. The average molecular weight is 555 g/mol. The van der Waals surface area contributed by atoms with E-state index in [4.69, 9.17) is 10.6 Å². The number of nitrogens with one attached hydrogen (secondary N) is 2. The number of aliphatic carboxylic acids is 1. The Morgan fingerprint density at radius 2 is 2.17 bits per heavy atom. The molecule has 0 saturated carbocycles. The first-order valence-electron chi connectivity index (χ1n) is 9.96. The Bertz CT molecular complexity index is 1430. The first-order chi connectivity index (χ1) is 17.1. The van der Waals surface area contributed by atoms with Crippen LogP contribution in [0.1, 0.15) is 5.69 Å². The van der Waals surface area contributed by atoms with E-state index in [1.165, 1.54) is 31.3 Å². The lowest BCUT2D eigenvalue weighted by Crippen LogP contribution is -2.71. The molecule has 0 aliphatic carbocycles. The first kappa shape index (κ1) is 25.5. The van der Waals surface area contributed by atoms with Crippen molar-refractivity contribution in [1.29, 1.82) is 0 Å². The molecule has 2 aromatic heterocycles. The number of hydrogen-bond donors (Lipinski definition) is 4. The molecule has 2 aromatic rings. The number of carbonyl (C=O) groups is 3. The molecule has 5 N–H and O–H groups in total. The summed E-state index contributed by atoms with van der Waals surface area (Å²) in [6.45, 7) is 0. The minimum absolute atomic E-state index is 0.102. The number of H-pyrrole nitrogens is 1. The Balaban J connectivity index is 1.51. The van der Waals surface area contributed by atoms with E-state index in [-0.39, 0.29) is 38.9 Å². The minimum Gasteiger partial charge on any atom is -0.477 e. The SMILES string of the molecule is CON=C(C(=O)N[C@@H]1C(=O)N2C(C(=O)O)=C(CSc3n[nH]c(=O)c(=O)n3C)CS[C@@H]12)c1csc(N)n1. The van der Waals surface area contributed by atoms with Crippen LogP contribution in [-0.2, 0) is 26.3 Å². The summed E-state index contributed by atoms with van der Waals surface area (Å²) < 4.78 is 1.05. The molecule has 4 heterocycles. The molecular formula is C18H18N8O7S3. The van der Waals surface area contributed by atoms with Gasteiger partial charge in [-0.1, -0.05) is 16.9 Å². The topological polar surface area (TPSA) is 215 Å². The number of amides is 2. The second-order valence-electron chi connectivity index (χ2n) is 7.30. The van der Waals surface area contributed by atoms with Crippen LogP contribution in [0.2, 0.25) is 0 Å². The van der Waals surface area contributed by atoms with Gasteiger partial charge in [-0.2, -0.15) is 0 Å². The number of thiazole rings is 1. The van der Waals surface area contributed by atoms with E-state index in [1.54, 1.807) is 0 Å². The highest BCUT2D eigenvalue weighted by atomic mass is 32.2. The molecular weight excluding hydrogens is 536 g/mol. The summed E-state index contributed by atoms with van der Waals surface area (Å²) in [5.74, 6) is -2.30. The van der Waals surface area contributed by atoms with Gasteiger partial charge in [0.1, 0.15) is 29.9 Å². The zero-order valence-electron chi connectivity index (χ0n) is 18.6. The maximum atomic E-state index is 12.9. The summed E-state index contributed by atoms with van der Waals surface area (Å²) in [5.41, 5.74) is 4.16. The molecule has 1 fully saturated rings. The van der Waals surface area contributed by atoms with Gasteiger partial charge in [0.15, 0.2) is 16.0 Å². The number of carboxylic acid groups (broad SMARTS) is 1. The lowest BCUT2D eigenvalue weighted by Gasteiger charge is -2.49. The molecule has 2 atom stereocenters. The van der Waals surface area contributed by atoms with Gasteiger partial charge in [0, 0.05) is 23.9 Å². The third-order valence-electron chi connectivity index (χ3n) is 5.11. The molecule has 0 spiro atoms. The number of carbonyl (C=O) groups excluding carboxylic acids is 2. The fourth-order valence-electron chi connectivity index (χ4n) is 3.44. The number of fused-ring (bicyclic) bond motifs is 1. The maximum Gasteiger partial charge on any atom is 0.352 e. The van der Waals surface area contributed by atoms with E-state index in [0.29, 0.717) is 5.57 Å². The molecule has 0 bridgehead atoms. The van der Waals surface area contributed by atoms with Crippen LogP contribution in [0, 0.1) is 0 Å². The van der Waals surface area contributed by atoms with E-state index in [2.05, 4.69) is 25.7 Å². The fourth-order valence-corrected chi connectivity index (χ4v) is 6.39. The van der Waals surface area contributed by atoms with Gasteiger partial charge in [-0.15, -0.1) is 28.2 Å². The zero-order valence-corrected chi connectivity index (χ0v) is 21.0. The quantitative estimate of drug-likeness (QED) is 0.0953. The summed E-state index contributed by atoms with van der Waals surface area (Å²) in [6.07, 6.45) is 0. The van der Waals surface area contributed by atoms with Gasteiger partial charge in [-0.05, 0) is 5.57 Å². The number of thioether (sulfide) groups is 2. The van der Waals surface area contributed by atoms with Crippen LogP contribution in [0.15, 0.2) is 36.6 Å². The van der Waals surface area contributed by atoms with E-state index < -0.39 is 40.3 Å². The smallest absolute Gasteiger partial charge is 0.352 e. The van der Waals surface area contributed by atoms with Gasteiger partial charge in [0.25, 0.3) is 11.8 Å². The number of anilines is 1. The van der Waals surface area contributed by atoms with Crippen molar-refractivity contribution in [3.63, 3.8) is 0 Å². The second kappa shape index (κ2) is 10.2. The third kappa shape index (κ3) is 4.61. The molecule has 18 heteroatoms. The van der Waals surface area contributed by atoms with Crippen molar-refractivity contribution in [3.05, 3.63) is 43.1 Å². The lowest BCUT2D eigenvalue weighted by atomic mass is 10.0. The van der Waals surface area contributed by atoms with Crippen molar-refractivity contribution in [3.8, 4) is 0 Å². The molecule has 36 heavy (non-hydrogen) atoms. The number of hydrogen-bond acceptors (Lipinski definition) is 13. The summed E-state index contributed by atoms with van der Waals surface area (Å²) in [5, 5.41) is 23.2. The lowest BCUT2D eigenvalue weighted by molar-refractivity contribution is -0.150. The number of nitrogens with zero attached hydrogens (tertiary/aromatic N) is 5. The largest absolute Gasteiger partial charge is 0.477 e. The van der Waals surface area contributed by atoms with Crippen molar-refractivity contribution in [2.75, 3.05) is 24.3 Å². The average Bonchev–Trinajstić information content (AvgIpc) is 3.28. The number of oxime groups is 1. The molecule has 2 amide bonds. The molecule has 15 nitrogen and oxygen atoms in total. The molecule has 4 rings (SSSR count). The van der Waals surface area contributed by atoms with Crippen molar-refractivity contribution in [2.24, 2.45) is 12.2 Å². The second-order valence-corrected chi connectivity index (χ2v) is 10.2. The monoisotopic (exact) mass is 554 g/mol. The van der Waals surface area contributed by atoms with Crippen LogP contribution in [0.3, 0.4) is 0 Å². The minimum atomic E-state index is -1.31. The zero-order chi connectivity index (χ0) is 26.1. The maximum absolute atomic E-state index is 12.9. The molecule has 0 radical (unpaired) electrons. The Labute approximate surface area is 213 Å². The predicted octanol–water partition coefficient (Wildman–Crippen LogP) is -1.61. The van der Waals surface area contributed by atoms with Crippen LogP contribution in [-0.4, -0.2) is 83.3 Å². The highest BCUT2D eigenvalue weighted by molar-refractivity contribution is 8.01. The van der Waals surface area contributed by atoms with Crippen molar-refractivity contribution < 1.29 is 24.3 Å². The van der Waals surface area contributed by atoms with Crippen LogP contribution in [0.4, 0.5) is 5.13 Å². The van der Waals surface area contributed by atoms with Crippen molar-refractivity contribution in [1.82, 2.24) is 30.0 Å². The molecule has 2 aliphatic rings. The van der Waals surface area contributed by atoms with Gasteiger partial charge >= 0.3 is 17.1 Å². The number of aromatic nitrogens is 4. The molecule has 190 valence electrons. The van der Waals surface area contributed by atoms with Crippen molar-refractivity contribution >= 4 is 63.5 Å². The number of β-lactam (4-membered cyclic amide) rings is 1. The van der Waals surface area contributed by atoms with Gasteiger partial charge in [-0.25, -0.2) is 14.9 Å². The highest BCUT2D eigenvalue weighted by Crippen LogP contribution is 2.41. The Morgan fingerprint density at radius 3 is 2.81 bits per heavy atom. The molecule has 1 saturated heterocycles. The van der Waals surface area contributed by atoms with Gasteiger partial charge < -0.3 is 21.0 Å².